The smallest absolute Gasteiger partial charge is 0.416 e. The fourth-order valence-corrected chi connectivity index (χ4v) is 3.31. The van der Waals surface area contributed by atoms with E-state index in [9.17, 15) is 18.0 Å². The Balaban J connectivity index is 1.63. The molecule has 4 rings (SSSR count). The van der Waals surface area contributed by atoms with Crippen LogP contribution in [0.1, 0.15) is 22.5 Å². The Morgan fingerprint density at radius 2 is 1.76 bits per heavy atom. The van der Waals surface area contributed by atoms with E-state index >= 15 is 0 Å². The number of aliphatic hydroxyl groups is 1. The lowest BCUT2D eigenvalue weighted by Gasteiger charge is -2.11. The Labute approximate surface area is 193 Å². The number of amides is 1. The van der Waals surface area contributed by atoms with Crippen LogP contribution in [-0.2, 0) is 6.18 Å². The summed E-state index contributed by atoms with van der Waals surface area (Å²) in [6.45, 7) is 0.247. The zero-order valence-corrected chi connectivity index (χ0v) is 17.8. The first kappa shape index (κ1) is 23.2. The Kier molecular flexibility index (Phi) is 6.74. The van der Waals surface area contributed by atoms with Crippen LogP contribution < -0.4 is 10.1 Å². The van der Waals surface area contributed by atoms with Crippen LogP contribution in [0.5, 0.6) is 5.88 Å². The van der Waals surface area contributed by atoms with Gasteiger partial charge in [-0.3, -0.25) is 4.79 Å². The average Bonchev–Trinajstić information content (AvgIpc) is 2.84. The molecule has 6 nitrogen and oxygen atoms in total. The summed E-state index contributed by atoms with van der Waals surface area (Å²) in [5.41, 5.74) is 0.837. The molecule has 0 radical (unpaired) electrons. The van der Waals surface area contributed by atoms with Gasteiger partial charge in [0.2, 0.25) is 5.88 Å². The van der Waals surface area contributed by atoms with Gasteiger partial charge in [-0.25, -0.2) is 9.97 Å². The van der Waals surface area contributed by atoms with Crippen LogP contribution in [0.2, 0.25) is 0 Å². The normalized spacial score (nSPS) is 11.4. The highest BCUT2D eigenvalue weighted by atomic mass is 19.4. The molecule has 2 N–H and O–H groups in total. The van der Waals surface area contributed by atoms with Gasteiger partial charge < -0.3 is 15.2 Å². The molecule has 2 heterocycles. The third-order valence-electron chi connectivity index (χ3n) is 4.96. The summed E-state index contributed by atoms with van der Waals surface area (Å²) in [4.78, 5) is 21.5. The topological polar surface area (TPSA) is 84.3 Å². The zero-order valence-electron chi connectivity index (χ0n) is 17.8. The number of halogens is 3. The number of ether oxygens (including phenoxy) is 1. The number of aromatic nitrogens is 2. The second-order valence-corrected chi connectivity index (χ2v) is 7.39. The molecule has 0 atom stereocenters. The largest absolute Gasteiger partial charge is 0.478 e. The number of pyridine rings is 2. The quantitative estimate of drug-likeness (QED) is 0.359. The first-order valence-electron chi connectivity index (χ1n) is 10.4. The number of fused-ring (bicyclic) bond motifs is 1. The number of carbonyl (C=O) groups is 1. The molecular formula is C25H20F3N3O3. The van der Waals surface area contributed by atoms with Crippen molar-refractivity contribution < 1.29 is 27.8 Å². The van der Waals surface area contributed by atoms with Crippen LogP contribution in [0, 0.1) is 0 Å². The van der Waals surface area contributed by atoms with E-state index in [0.717, 1.165) is 12.1 Å². The van der Waals surface area contributed by atoms with Gasteiger partial charge in [-0.15, -0.1) is 0 Å². The summed E-state index contributed by atoms with van der Waals surface area (Å²) in [6.07, 6.45) is -4.02. The SMILES string of the molecule is O=C(Nc1cccc2ccc(-c3cccc(C(F)(F)F)c3)nc12)c1cccc(OCCCO)n1. The van der Waals surface area contributed by atoms with Crippen molar-refractivity contribution in [2.75, 3.05) is 18.5 Å². The number of para-hydroxylation sites is 1. The Hall–Kier alpha value is -3.98. The molecule has 0 saturated heterocycles. The molecule has 0 fully saturated rings. The van der Waals surface area contributed by atoms with Crippen molar-refractivity contribution in [3.05, 3.63) is 84.1 Å². The first-order chi connectivity index (χ1) is 16.3. The van der Waals surface area contributed by atoms with Crippen molar-refractivity contribution >= 4 is 22.5 Å². The van der Waals surface area contributed by atoms with E-state index in [1.165, 1.54) is 12.1 Å². The molecule has 1 amide bonds. The minimum absolute atomic E-state index is 0.0171. The number of nitrogens with one attached hydrogen (secondary N) is 1. The zero-order chi connectivity index (χ0) is 24.1. The molecule has 174 valence electrons. The lowest BCUT2D eigenvalue weighted by Crippen LogP contribution is -2.14. The van der Waals surface area contributed by atoms with E-state index in [2.05, 4.69) is 15.3 Å². The number of rotatable bonds is 7. The van der Waals surface area contributed by atoms with Crippen LogP contribution in [0.4, 0.5) is 18.9 Å². The molecule has 4 aromatic rings. The number of hydrogen-bond donors (Lipinski definition) is 2. The highest BCUT2D eigenvalue weighted by Crippen LogP contribution is 2.33. The van der Waals surface area contributed by atoms with Gasteiger partial charge in [0.1, 0.15) is 5.69 Å². The Bertz CT molecular complexity index is 1330. The summed E-state index contributed by atoms with van der Waals surface area (Å²) in [5.74, 6) is -0.240. The number of hydrogen-bond acceptors (Lipinski definition) is 5. The van der Waals surface area contributed by atoms with E-state index in [0.29, 0.717) is 34.3 Å². The van der Waals surface area contributed by atoms with Crippen molar-refractivity contribution in [2.24, 2.45) is 0 Å². The molecule has 9 heteroatoms. The average molecular weight is 467 g/mol. The molecule has 0 spiro atoms. The van der Waals surface area contributed by atoms with Crippen LogP contribution in [0.3, 0.4) is 0 Å². The van der Waals surface area contributed by atoms with Crippen LogP contribution >= 0.6 is 0 Å². The lowest BCUT2D eigenvalue weighted by atomic mass is 10.1. The van der Waals surface area contributed by atoms with E-state index < -0.39 is 17.6 Å². The lowest BCUT2D eigenvalue weighted by molar-refractivity contribution is -0.137. The molecule has 0 aliphatic heterocycles. The Morgan fingerprint density at radius 1 is 0.971 bits per heavy atom. The minimum atomic E-state index is -4.46. The monoisotopic (exact) mass is 467 g/mol. The predicted molar refractivity (Wildman–Crippen MR) is 122 cm³/mol. The number of benzene rings is 2. The van der Waals surface area contributed by atoms with Crippen molar-refractivity contribution in [3.63, 3.8) is 0 Å². The number of nitrogens with zero attached hydrogens (tertiary/aromatic N) is 2. The molecule has 2 aromatic heterocycles. The third-order valence-corrected chi connectivity index (χ3v) is 4.96. The minimum Gasteiger partial charge on any atom is -0.478 e. The summed E-state index contributed by atoms with van der Waals surface area (Å²) in [7, 11) is 0. The van der Waals surface area contributed by atoms with Gasteiger partial charge in [-0.1, -0.05) is 36.4 Å². The molecule has 0 bridgehead atoms. The van der Waals surface area contributed by atoms with E-state index in [4.69, 9.17) is 9.84 Å². The van der Waals surface area contributed by atoms with Crippen LogP contribution in [-0.4, -0.2) is 34.2 Å². The standard InChI is InChI=1S/C25H20F3N3O3/c26-25(27,28)18-7-1-6-17(15-18)19-12-11-16-5-2-8-20(23(16)30-19)31-24(33)21-9-3-10-22(29-21)34-14-4-13-32/h1-3,5-12,15,32H,4,13-14H2,(H,31,33). The van der Waals surface area contributed by atoms with Crippen molar-refractivity contribution in [1.82, 2.24) is 9.97 Å². The van der Waals surface area contributed by atoms with Crippen molar-refractivity contribution in [3.8, 4) is 17.1 Å². The van der Waals surface area contributed by atoms with Crippen LogP contribution in [0.25, 0.3) is 22.2 Å². The van der Waals surface area contributed by atoms with Crippen LogP contribution in [0.15, 0.2) is 72.8 Å². The molecular weight excluding hydrogens is 447 g/mol. The maximum Gasteiger partial charge on any atom is 0.416 e. The fraction of sp³-hybridized carbons (Fsp3) is 0.160. The third kappa shape index (κ3) is 5.32. The second kappa shape index (κ2) is 9.88. The van der Waals surface area contributed by atoms with Crippen molar-refractivity contribution in [2.45, 2.75) is 12.6 Å². The highest BCUT2D eigenvalue weighted by Gasteiger charge is 2.30. The predicted octanol–water partition coefficient (Wildman–Crippen LogP) is 5.33. The summed E-state index contributed by atoms with van der Waals surface area (Å²) in [5, 5.41) is 12.3. The van der Waals surface area contributed by atoms with Gasteiger partial charge >= 0.3 is 6.18 Å². The number of carbonyl (C=O) groups excluding carboxylic acids is 1. The molecule has 0 saturated carbocycles. The van der Waals surface area contributed by atoms with E-state index in [1.54, 1.807) is 48.5 Å². The number of alkyl halides is 3. The first-order valence-corrected chi connectivity index (χ1v) is 10.4. The summed E-state index contributed by atoms with van der Waals surface area (Å²) in [6, 6.07) is 18.3. The fourth-order valence-electron chi connectivity index (χ4n) is 3.31. The molecule has 34 heavy (non-hydrogen) atoms. The number of aliphatic hydroxyl groups excluding tert-OH is 1. The van der Waals surface area contributed by atoms with Gasteiger partial charge in [0.15, 0.2) is 0 Å². The molecule has 0 aliphatic rings. The molecule has 0 aliphatic carbocycles. The van der Waals surface area contributed by atoms with Gasteiger partial charge in [0.05, 0.1) is 29.1 Å². The number of anilines is 1. The van der Waals surface area contributed by atoms with Gasteiger partial charge in [0, 0.05) is 30.0 Å². The van der Waals surface area contributed by atoms with Crippen molar-refractivity contribution in [1.29, 1.82) is 0 Å². The molecule has 0 unspecified atom stereocenters. The molecule has 2 aromatic carbocycles. The van der Waals surface area contributed by atoms with Gasteiger partial charge in [0.25, 0.3) is 5.91 Å². The van der Waals surface area contributed by atoms with Gasteiger partial charge in [-0.2, -0.15) is 13.2 Å². The maximum absolute atomic E-state index is 13.1. The summed E-state index contributed by atoms with van der Waals surface area (Å²) >= 11 is 0. The second-order valence-electron chi connectivity index (χ2n) is 7.39. The maximum atomic E-state index is 13.1. The Morgan fingerprint density at radius 3 is 2.56 bits per heavy atom. The van der Waals surface area contributed by atoms with E-state index in [-0.39, 0.29) is 24.8 Å². The van der Waals surface area contributed by atoms with E-state index in [1.807, 2.05) is 0 Å². The summed E-state index contributed by atoms with van der Waals surface area (Å²) < 4.78 is 44.8. The van der Waals surface area contributed by atoms with Gasteiger partial charge in [-0.05, 0) is 30.3 Å². The highest BCUT2D eigenvalue weighted by molar-refractivity contribution is 6.07.